The number of hydrogen-bond donors (Lipinski definition) is 0. The second kappa shape index (κ2) is 9.59. The van der Waals surface area contributed by atoms with Crippen LogP contribution >= 0.6 is 0 Å². The van der Waals surface area contributed by atoms with Crippen molar-refractivity contribution in [1.29, 1.82) is 0 Å². The van der Waals surface area contributed by atoms with E-state index < -0.39 is 0 Å². The highest BCUT2D eigenvalue weighted by atomic mass is 16.2. The van der Waals surface area contributed by atoms with Crippen molar-refractivity contribution in [3.63, 3.8) is 0 Å². The van der Waals surface area contributed by atoms with Crippen LogP contribution in [0.1, 0.15) is 44.4 Å². The average Bonchev–Trinajstić information content (AvgIpc) is 3.50. The van der Waals surface area contributed by atoms with E-state index in [4.69, 9.17) is 0 Å². The van der Waals surface area contributed by atoms with Crippen LogP contribution in [0.2, 0.25) is 0 Å². The molecule has 0 N–H and O–H groups in total. The maximum Gasteiger partial charge on any atom is 0.247 e. The molecule has 0 spiro atoms. The molecule has 1 fully saturated rings. The second-order valence-corrected chi connectivity index (χ2v) is 7.83. The van der Waals surface area contributed by atoms with Gasteiger partial charge in [-0.05, 0) is 50.0 Å². The van der Waals surface area contributed by atoms with Gasteiger partial charge in [0.2, 0.25) is 11.8 Å². The summed E-state index contributed by atoms with van der Waals surface area (Å²) in [7, 11) is 1.99. The molecule has 1 aliphatic carbocycles. The summed E-state index contributed by atoms with van der Waals surface area (Å²) >= 11 is 0. The van der Waals surface area contributed by atoms with Gasteiger partial charge in [-0.15, -0.1) is 0 Å². The van der Waals surface area contributed by atoms with Crippen LogP contribution in [0.4, 0.5) is 0 Å². The molecule has 2 aromatic rings. The van der Waals surface area contributed by atoms with Gasteiger partial charge >= 0.3 is 0 Å². The molecule has 5 nitrogen and oxygen atoms in total. The van der Waals surface area contributed by atoms with E-state index in [0.717, 1.165) is 30.5 Å². The van der Waals surface area contributed by atoms with Crippen molar-refractivity contribution in [3.8, 4) is 0 Å². The van der Waals surface area contributed by atoms with Gasteiger partial charge in [0.15, 0.2) is 0 Å². The molecule has 29 heavy (non-hydrogen) atoms. The zero-order valence-electron chi connectivity index (χ0n) is 17.6. The molecule has 1 heterocycles. The predicted octanol–water partition coefficient (Wildman–Crippen LogP) is 3.86. The van der Waals surface area contributed by atoms with E-state index in [2.05, 4.69) is 0 Å². The normalized spacial score (nSPS) is 14.7. The third kappa shape index (κ3) is 5.59. The fraction of sp³-hybridized carbons (Fsp3) is 0.417. The summed E-state index contributed by atoms with van der Waals surface area (Å²) in [6, 6.07) is 14.1. The Morgan fingerprint density at radius 3 is 2.48 bits per heavy atom. The molecule has 2 amide bonds. The molecule has 1 unspecified atom stereocenters. The monoisotopic (exact) mass is 393 g/mol. The lowest BCUT2D eigenvalue weighted by molar-refractivity contribution is -0.140. The van der Waals surface area contributed by atoms with E-state index in [9.17, 15) is 9.59 Å². The van der Waals surface area contributed by atoms with Crippen LogP contribution in [-0.2, 0) is 23.2 Å². The Morgan fingerprint density at radius 1 is 1.17 bits per heavy atom. The SMILES string of the molecule is CCC(C)N(CC(=O)N(Cc1cccn1C)C1CC1)C(=O)C=Cc1ccccc1. The second-order valence-electron chi connectivity index (χ2n) is 7.83. The summed E-state index contributed by atoms with van der Waals surface area (Å²) < 4.78 is 2.04. The lowest BCUT2D eigenvalue weighted by atomic mass is 10.2. The molecule has 1 aromatic heterocycles. The van der Waals surface area contributed by atoms with Gasteiger partial charge in [0.1, 0.15) is 6.54 Å². The quantitative estimate of drug-likeness (QED) is 0.608. The van der Waals surface area contributed by atoms with Crippen molar-refractivity contribution in [2.75, 3.05) is 6.54 Å². The van der Waals surface area contributed by atoms with Crippen LogP contribution in [-0.4, -0.2) is 44.8 Å². The first-order valence-corrected chi connectivity index (χ1v) is 10.4. The largest absolute Gasteiger partial charge is 0.353 e. The number of hydrogen-bond acceptors (Lipinski definition) is 2. The minimum absolute atomic E-state index is 0.00274. The smallest absolute Gasteiger partial charge is 0.247 e. The highest BCUT2D eigenvalue weighted by Crippen LogP contribution is 2.29. The van der Waals surface area contributed by atoms with Crippen LogP contribution in [0.25, 0.3) is 6.08 Å². The van der Waals surface area contributed by atoms with Gasteiger partial charge in [-0.2, -0.15) is 0 Å². The Bertz CT molecular complexity index is 852. The van der Waals surface area contributed by atoms with E-state index in [0.29, 0.717) is 12.6 Å². The van der Waals surface area contributed by atoms with E-state index in [1.165, 1.54) is 0 Å². The Morgan fingerprint density at radius 2 is 1.90 bits per heavy atom. The standard InChI is InChI=1S/C24H31N3O2/c1-4-19(2)26(23(28)15-12-20-9-6-5-7-10-20)18-24(29)27(21-13-14-21)17-22-11-8-16-25(22)3/h5-12,15-16,19,21H,4,13-14,17-18H2,1-3H3. The van der Waals surface area contributed by atoms with E-state index >= 15 is 0 Å². The summed E-state index contributed by atoms with van der Waals surface area (Å²) in [6.07, 6.45) is 8.27. The number of carbonyl (C=O) groups excluding carboxylic acids is 2. The first-order valence-electron chi connectivity index (χ1n) is 10.4. The summed E-state index contributed by atoms with van der Waals surface area (Å²) in [4.78, 5) is 29.7. The minimum Gasteiger partial charge on any atom is -0.353 e. The van der Waals surface area contributed by atoms with Crippen molar-refractivity contribution in [1.82, 2.24) is 14.4 Å². The fourth-order valence-corrected chi connectivity index (χ4v) is 3.38. The van der Waals surface area contributed by atoms with Gasteiger partial charge in [0.05, 0.1) is 6.54 Å². The van der Waals surface area contributed by atoms with Crippen molar-refractivity contribution in [2.45, 2.75) is 51.7 Å². The summed E-state index contributed by atoms with van der Waals surface area (Å²) in [5.41, 5.74) is 2.08. The Hall–Kier alpha value is -2.82. The predicted molar refractivity (Wildman–Crippen MR) is 116 cm³/mol. The van der Waals surface area contributed by atoms with Crippen molar-refractivity contribution >= 4 is 17.9 Å². The number of aromatic nitrogens is 1. The number of aryl methyl sites for hydroxylation is 1. The van der Waals surface area contributed by atoms with Gasteiger partial charge in [0.25, 0.3) is 0 Å². The topological polar surface area (TPSA) is 45.6 Å². The molecule has 0 bridgehead atoms. The summed E-state index contributed by atoms with van der Waals surface area (Å²) in [5, 5.41) is 0. The molecule has 1 aliphatic rings. The van der Waals surface area contributed by atoms with Crippen LogP contribution in [0.15, 0.2) is 54.7 Å². The van der Waals surface area contributed by atoms with E-state index in [-0.39, 0.29) is 24.4 Å². The highest BCUT2D eigenvalue weighted by molar-refractivity contribution is 5.94. The summed E-state index contributed by atoms with van der Waals surface area (Å²) in [6.45, 7) is 4.75. The molecule has 0 saturated heterocycles. The lowest BCUT2D eigenvalue weighted by Gasteiger charge is -2.30. The van der Waals surface area contributed by atoms with Crippen LogP contribution < -0.4 is 0 Å². The zero-order valence-corrected chi connectivity index (χ0v) is 17.6. The Balaban J connectivity index is 1.71. The molecule has 154 valence electrons. The molecule has 1 saturated carbocycles. The maximum absolute atomic E-state index is 13.2. The molecule has 1 aromatic carbocycles. The van der Waals surface area contributed by atoms with Crippen molar-refractivity contribution < 1.29 is 9.59 Å². The Kier molecular flexibility index (Phi) is 6.91. The molecule has 1 atom stereocenters. The number of carbonyl (C=O) groups is 2. The molecule has 3 rings (SSSR count). The van der Waals surface area contributed by atoms with E-state index in [1.807, 2.05) is 85.1 Å². The molecular weight excluding hydrogens is 362 g/mol. The zero-order chi connectivity index (χ0) is 20.8. The van der Waals surface area contributed by atoms with E-state index in [1.54, 1.807) is 11.0 Å². The fourth-order valence-electron chi connectivity index (χ4n) is 3.38. The molecule has 5 heteroatoms. The Labute approximate surface area is 173 Å². The number of amides is 2. The van der Waals surface area contributed by atoms with Crippen LogP contribution in [0.5, 0.6) is 0 Å². The van der Waals surface area contributed by atoms with Gasteiger partial charge in [-0.1, -0.05) is 37.3 Å². The minimum atomic E-state index is -0.119. The highest BCUT2D eigenvalue weighted by Gasteiger charge is 2.34. The van der Waals surface area contributed by atoms with Gasteiger partial charge in [-0.25, -0.2) is 0 Å². The third-order valence-electron chi connectivity index (χ3n) is 5.62. The molecule has 0 radical (unpaired) electrons. The maximum atomic E-state index is 13.2. The number of rotatable bonds is 9. The van der Waals surface area contributed by atoms with Crippen LogP contribution in [0, 0.1) is 0 Å². The van der Waals surface area contributed by atoms with Crippen LogP contribution in [0.3, 0.4) is 0 Å². The first-order chi connectivity index (χ1) is 14.0. The summed E-state index contributed by atoms with van der Waals surface area (Å²) in [5.74, 6) is -0.0957. The molecular formula is C24H31N3O2. The number of nitrogens with zero attached hydrogens (tertiary/aromatic N) is 3. The average molecular weight is 394 g/mol. The first kappa shape index (κ1) is 20.9. The number of benzene rings is 1. The van der Waals surface area contributed by atoms with Gasteiger partial charge < -0.3 is 14.4 Å². The van der Waals surface area contributed by atoms with Crippen molar-refractivity contribution in [3.05, 3.63) is 66.0 Å². The lowest BCUT2D eigenvalue weighted by Crippen LogP contribution is -2.46. The third-order valence-corrected chi connectivity index (χ3v) is 5.62. The van der Waals surface area contributed by atoms with Crippen molar-refractivity contribution in [2.24, 2.45) is 7.05 Å². The van der Waals surface area contributed by atoms with Gasteiger partial charge in [0, 0.05) is 37.1 Å². The van der Waals surface area contributed by atoms with Gasteiger partial charge in [-0.3, -0.25) is 9.59 Å². The molecule has 0 aliphatic heterocycles.